The van der Waals surface area contributed by atoms with Crippen molar-refractivity contribution >= 4 is 11.8 Å². The van der Waals surface area contributed by atoms with Crippen LogP contribution in [0.2, 0.25) is 0 Å². The first-order valence-electron chi connectivity index (χ1n) is 8.98. The predicted molar refractivity (Wildman–Crippen MR) is 98.1 cm³/mol. The maximum atomic E-state index is 13.1. The summed E-state index contributed by atoms with van der Waals surface area (Å²) >= 11 is 0. The standard InChI is InChI=1S/C21H25NO4/c1-16(17-7-4-3-5-8-17)22-12-6-9-18(22)19(23)15-21(20(24)25-2)10-13-26-14-11-21/h3-9,12,16H,10-11,13-15H2,1-2H3/t16-/m1/s1. The number of hydrogen-bond donors (Lipinski definition) is 0. The summed E-state index contributed by atoms with van der Waals surface area (Å²) in [7, 11) is 1.38. The molecule has 1 aliphatic rings. The molecule has 0 saturated carbocycles. The molecule has 0 aliphatic carbocycles. The van der Waals surface area contributed by atoms with E-state index in [1.807, 2.05) is 53.2 Å². The fourth-order valence-electron chi connectivity index (χ4n) is 3.69. The highest BCUT2D eigenvalue weighted by atomic mass is 16.5. The smallest absolute Gasteiger partial charge is 0.312 e. The summed E-state index contributed by atoms with van der Waals surface area (Å²) in [4.78, 5) is 25.5. The molecular formula is C21H25NO4. The summed E-state index contributed by atoms with van der Waals surface area (Å²) in [5.74, 6) is -0.353. The minimum atomic E-state index is -0.783. The lowest BCUT2D eigenvalue weighted by molar-refractivity contribution is -0.158. The van der Waals surface area contributed by atoms with Crippen LogP contribution in [0.25, 0.3) is 0 Å². The Morgan fingerprint density at radius 2 is 1.85 bits per heavy atom. The van der Waals surface area contributed by atoms with Crippen molar-refractivity contribution in [2.45, 2.75) is 32.2 Å². The van der Waals surface area contributed by atoms with Crippen LogP contribution in [-0.2, 0) is 14.3 Å². The van der Waals surface area contributed by atoms with Gasteiger partial charge in [0.2, 0.25) is 0 Å². The molecular weight excluding hydrogens is 330 g/mol. The van der Waals surface area contributed by atoms with Crippen LogP contribution >= 0.6 is 0 Å². The molecule has 1 aliphatic heterocycles. The van der Waals surface area contributed by atoms with E-state index in [0.29, 0.717) is 31.7 Å². The Hall–Kier alpha value is -2.40. The fraction of sp³-hybridized carbons (Fsp3) is 0.429. The second kappa shape index (κ2) is 7.87. The van der Waals surface area contributed by atoms with Gasteiger partial charge >= 0.3 is 5.97 Å². The number of aromatic nitrogens is 1. The van der Waals surface area contributed by atoms with Crippen LogP contribution in [0.4, 0.5) is 0 Å². The fourth-order valence-corrected chi connectivity index (χ4v) is 3.69. The van der Waals surface area contributed by atoms with Gasteiger partial charge in [0.15, 0.2) is 5.78 Å². The zero-order chi connectivity index (χ0) is 18.6. The number of ether oxygens (including phenoxy) is 2. The Balaban J connectivity index is 1.84. The van der Waals surface area contributed by atoms with Crippen molar-refractivity contribution in [3.8, 4) is 0 Å². The van der Waals surface area contributed by atoms with Crippen LogP contribution in [0.5, 0.6) is 0 Å². The number of ketones is 1. The van der Waals surface area contributed by atoms with Crippen LogP contribution in [0.3, 0.4) is 0 Å². The Kier molecular flexibility index (Phi) is 5.57. The highest BCUT2D eigenvalue weighted by molar-refractivity contribution is 5.98. The van der Waals surface area contributed by atoms with Crippen molar-refractivity contribution < 1.29 is 19.1 Å². The summed E-state index contributed by atoms with van der Waals surface area (Å²) in [5, 5.41) is 0. The number of benzene rings is 1. The summed E-state index contributed by atoms with van der Waals surface area (Å²) < 4.78 is 12.4. The largest absolute Gasteiger partial charge is 0.469 e. The number of methoxy groups -OCH3 is 1. The molecule has 1 fully saturated rings. The van der Waals surface area contributed by atoms with E-state index in [4.69, 9.17) is 9.47 Å². The van der Waals surface area contributed by atoms with E-state index in [1.165, 1.54) is 7.11 Å². The molecule has 5 nitrogen and oxygen atoms in total. The van der Waals surface area contributed by atoms with E-state index >= 15 is 0 Å². The minimum Gasteiger partial charge on any atom is -0.469 e. The van der Waals surface area contributed by atoms with Gasteiger partial charge in [-0.1, -0.05) is 30.3 Å². The van der Waals surface area contributed by atoms with Crippen molar-refractivity contribution in [3.63, 3.8) is 0 Å². The number of rotatable bonds is 6. The molecule has 138 valence electrons. The third kappa shape index (κ3) is 3.58. The number of carbonyl (C=O) groups is 2. The number of Topliss-reactive ketones (excluding diaryl/α,β-unsaturated/α-hetero) is 1. The molecule has 0 N–H and O–H groups in total. The third-order valence-electron chi connectivity index (χ3n) is 5.33. The summed E-state index contributed by atoms with van der Waals surface area (Å²) in [6, 6.07) is 13.8. The molecule has 2 heterocycles. The molecule has 26 heavy (non-hydrogen) atoms. The van der Waals surface area contributed by atoms with Gasteiger partial charge in [-0.3, -0.25) is 9.59 Å². The first kappa shape index (κ1) is 18.4. The second-order valence-electron chi connectivity index (χ2n) is 6.87. The van der Waals surface area contributed by atoms with Crippen molar-refractivity contribution in [2.24, 2.45) is 5.41 Å². The lowest BCUT2D eigenvalue weighted by Crippen LogP contribution is -2.40. The predicted octanol–water partition coefficient (Wildman–Crippen LogP) is 3.64. The van der Waals surface area contributed by atoms with Gasteiger partial charge in [-0.05, 0) is 37.5 Å². The Labute approximate surface area is 153 Å². The first-order chi connectivity index (χ1) is 12.6. The van der Waals surface area contributed by atoms with Crippen molar-refractivity contribution in [1.29, 1.82) is 0 Å². The van der Waals surface area contributed by atoms with Gasteiger partial charge in [-0.2, -0.15) is 0 Å². The third-order valence-corrected chi connectivity index (χ3v) is 5.33. The van der Waals surface area contributed by atoms with Gasteiger partial charge < -0.3 is 14.0 Å². The molecule has 2 aromatic rings. The quantitative estimate of drug-likeness (QED) is 0.586. The average molecular weight is 355 g/mol. The number of carbonyl (C=O) groups excluding carboxylic acids is 2. The van der Waals surface area contributed by atoms with Gasteiger partial charge in [-0.15, -0.1) is 0 Å². The number of esters is 1. The van der Waals surface area contributed by atoms with Gasteiger partial charge in [0.1, 0.15) is 0 Å². The van der Waals surface area contributed by atoms with Gasteiger partial charge in [0.05, 0.1) is 24.3 Å². The van der Waals surface area contributed by atoms with E-state index < -0.39 is 5.41 Å². The van der Waals surface area contributed by atoms with Crippen molar-refractivity contribution in [3.05, 3.63) is 59.9 Å². The molecule has 1 atom stereocenters. The van der Waals surface area contributed by atoms with Crippen molar-refractivity contribution in [1.82, 2.24) is 4.57 Å². The highest BCUT2D eigenvalue weighted by Crippen LogP contribution is 2.37. The van der Waals surface area contributed by atoms with Crippen LogP contribution < -0.4 is 0 Å². The van der Waals surface area contributed by atoms with Crippen LogP contribution in [-0.4, -0.2) is 36.6 Å². The first-order valence-corrected chi connectivity index (χ1v) is 8.98. The summed E-state index contributed by atoms with van der Waals surface area (Å²) in [6.45, 7) is 3.02. The van der Waals surface area contributed by atoms with Gasteiger partial charge in [0.25, 0.3) is 0 Å². The maximum Gasteiger partial charge on any atom is 0.312 e. The van der Waals surface area contributed by atoms with E-state index in [1.54, 1.807) is 0 Å². The van der Waals surface area contributed by atoms with E-state index in [2.05, 4.69) is 6.92 Å². The molecule has 5 heteroatoms. The monoisotopic (exact) mass is 355 g/mol. The van der Waals surface area contributed by atoms with E-state index in [0.717, 1.165) is 5.56 Å². The number of hydrogen-bond acceptors (Lipinski definition) is 4. The summed E-state index contributed by atoms with van der Waals surface area (Å²) in [6.07, 6.45) is 3.09. The van der Waals surface area contributed by atoms with Crippen molar-refractivity contribution in [2.75, 3.05) is 20.3 Å². The SMILES string of the molecule is COC(=O)C1(CC(=O)c2cccn2[C@H](C)c2ccccc2)CCOCC1. The van der Waals surface area contributed by atoms with Crippen LogP contribution in [0, 0.1) is 5.41 Å². The molecule has 1 saturated heterocycles. The van der Waals surface area contributed by atoms with E-state index in [-0.39, 0.29) is 24.2 Å². The Morgan fingerprint density at radius 1 is 1.15 bits per heavy atom. The average Bonchev–Trinajstić information content (AvgIpc) is 3.18. The molecule has 0 amide bonds. The molecule has 0 unspecified atom stereocenters. The normalized spacial score (nSPS) is 17.5. The summed E-state index contributed by atoms with van der Waals surface area (Å²) in [5.41, 5.74) is 0.970. The Morgan fingerprint density at radius 3 is 2.50 bits per heavy atom. The Bertz CT molecular complexity index is 759. The zero-order valence-electron chi connectivity index (χ0n) is 15.3. The topological polar surface area (TPSA) is 57.5 Å². The molecule has 0 radical (unpaired) electrons. The van der Waals surface area contributed by atoms with Gasteiger partial charge in [-0.25, -0.2) is 0 Å². The second-order valence-corrected chi connectivity index (χ2v) is 6.87. The zero-order valence-corrected chi connectivity index (χ0v) is 15.3. The van der Waals surface area contributed by atoms with Gasteiger partial charge in [0, 0.05) is 25.8 Å². The molecule has 0 bridgehead atoms. The lowest BCUT2D eigenvalue weighted by Gasteiger charge is -2.34. The molecule has 1 aromatic carbocycles. The minimum absolute atomic E-state index is 0.0360. The molecule has 3 rings (SSSR count). The molecule has 1 aromatic heterocycles. The van der Waals surface area contributed by atoms with E-state index in [9.17, 15) is 9.59 Å². The van der Waals surface area contributed by atoms with Crippen LogP contribution in [0.1, 0.15) is 48.3 Å². The molecule has 0 spiro atoms. The highest BCUT2D eigenvalue weighted by Gasteiger charge is 2.43. The maximum absolute atomic E-state index is 13.1. The number of nitrogens with zero attached hydrogens (tertiary/aromatic N) is 1. The van der Waals surface area contributed by atoms with Crippen LogP contribution in [0.15, 0.2) is 48.7 Å². The lowest BCUT2D eigenvalue weighted by atomic mass is 9.75.